The molecule has 28 heavy (non-hydrogen) atoms. The molecule has 0 atom stereocenters. The van der Waals surface area contributed by atoms with Crippen molar-refractivity contribution in [3.63, 3.8) is 0 Å². The molecule has 7 heteroatoms. The van der Waals surface area contributed by atoms with E-state index in [4.69, 9.17) is 9.47 Å². The normalized spacial score (nSPS) is 10.5. The molecular weight excluding hydrogens is 358 g/mol. The van der Waals surface area contributed by atoms with E-state index in [9.17, 15) is 9.59 Å². The van der Waals surface area contributed by atoms with E-state index in [1.54, 1.807) is 30.3 Å². The van der Waals surface area contributed by atoms with Crippen molar-refractivity contribution in [2.75, 3.05) is 18.5 Å². The number of anilines is 1. The summed E-state index contributed by atoms with van der Waals surface area (Å²) in [5.41, 5.74) is 4.61. The van der Waals surface area contributed by atoms with E-state index >= 15 is 0 Å². The molecule has 0 heterocycles. The summed E-state index contributed by atoms with van der Waals surface area (Å²) in [6, 6.07) is 12.6. The molecule has 0 saturated carbocycles. The molecule has 2 amide bonds. The summed E-state index contributed by atoms with van der Waals surface area (Å²) in [4.78, 5) is 23.8. The predicted octanol–water partition coefficient (Wildman–Crippen LogP) is 3.14. The van der Waals surface area contributed by atoms with Gasteiger partial charge in [-0.05, 0) is 61.7 Å². The van der Waals surface area contributed by atoms with Gasteiger partial charge in [-0.25, -0.2) is 5.43 Å². The van der Waals surface area contributed by atoms with E-state index in [0.717, 1.165) is 12.0 Å². The average Bonchev–Trinajstić information content (AvgIpc) is 2.70. The molecule has 2 aromatic carbocycles. The van der Waals surface area contributed by atoms with E-state index in [-0.39, 0.29) is 0 Å². The van der Waals surface area contributed by atoms with Crippen LogP contribution in [-0.4, -0.2) is 31.2 Å². The Labute approximate surface area is 164 Å². The van der Waals surface area contributed by atoms with Crippen molar-refractivity contribution in [3.8, 4) is 11.5 Å². The Balaban J connectivity index is 1.94. The smallest absolute Gasteiger partial charge is 0.329 e. The average molecular weight is 383 g/mol. The quantitative estimate of drug-likeness (QED) is 0.416. The van der Waals surface area contributed by atoms with Gasteiger partial charge in [0.2, 0.25) is 0 Å². The predicted molar refractivity (Wildman–Crippen MR) is 109 cm³/mol. The number of ether oxygens (including phenoxy) is 2. The molecule has 0 aliphatic carbocycles. The zero-order valence-electron chi connectivity index (χ0n) is 16.3. The lowest BCUT2D eigenvalue weighted by Crippen LogP contribution is -2.32. The number of hydrogen-bond donors (Lipinski definition) is 2. The summed E-state index contributed by atoms with van der Waals surface area (Å²) in [7, 11) is 0. The number of carbonyl (C=O) groups is 2. The van der Waals surface area contributed by atoms with Crippen LogP contribution in [0.15, 0.2) is 47.6 Å². The minimum absolute atomic E-state index is 0.497. The van der Waals surface area contributed by atoms with Crippen LogP contribution < -0.4 is 20.2 Å². The molecule has 0 spiro atoms. The summed E-state index contributed by atoms with van der Waals surface area (Å²) >= 11 is 0. The molecular formula is C21H25N3O4. The van der Waals surface area contributed by atoms with Crippen LogP contribution in [0.2, 0.25) is 0 Å². The first-order chi connectivity index (χ1) is 13.6. The van der Waals surface area contributed by atoms with Crippen molar-refractivity contribution in [2.45, 2.75) is 27.2 Å². The van der Waals surface area contributed by atoms with E-state index in [0.29, 0.717) is 36.0 Å². The maximum Gasteiger partial charge on any atom is 0.329 e. The second-order valence-corrected chi connectivity index (χ2v) is 5.78. The van der Waals surface area contributed by atoms with Crippen molar-refractivity contribution in [1.29, 1.82) is 0 Å². The van der Waals surface area contributed by atoms with Crippen LogP contribution in [0, 0.1) is 0 Å². The first-order valence-corrected chi connectivity index (χ1v) is 9.20. The zero-order chi connectivity index (χ0) is 20.4. The number of carbonyl (C=O) groups excluding carboxylic acids is 2. The van der Waals surface area contributed by atoms with Crippen LogP contribution in [0.3, 0.4) is 0 Å². The lowest BCUT2D eigenvalue weighted by Gasteiger charge is -2.11. The van der Waals surface area contributed by atoms with Gasteiger partial charge in [0.05, 0.1) is 19.4 Å². The third kappa shape index (κ3) is 6.12. The van der Waals surface area contributed by atoms with Gasteiger partial charge in [0.25, 0.3) is 0 Å². The fourth-order valence-corrected chi connectivity index (χ4v) is 2.38. The minimum atomic E-state index is -0.855. The molecule has 148 valence electrons. The van der Waals surface area contributed by atoms with Crippen LogP contribution in [0.25, 0.3) is 0 Å². The molecule has 0 bridgehead atoms. The third-order valence-corrected chi connectivity index (χ3v) is 3.77. The Bertz CT molecular complexity index is 832. The summed E-state index contributed by atoms with van der Waals surface area (Å²) < 4.78 is 11.0. The van der Waals surface area contributed by atoms with Crippen molar-refractivity contribution >= 4 is 23.7 Å². The molecule has 0 saturated heterocycles. The maximum absolute atomic E-state index is 11.9. The third-order valence-electron chi connectivity index (χ3n) is 3.77. The highest BCUT2D eigenvalue weighted by Gasteiger charge is 2.12. The summed E-state index contributed by atoms with van der Waals surface area (Å²) in [6.45, 7) is 6.84. The van der Waals surface area contributed by atoms with Gasteiger partial charge in [-0.3, -0.25) is 9.59 Å². The number of amides is 2. The van der Waals surface area contributed by atoms with Crippen LogP contribution in [-0.2, 0) is 16.0 Å². The van der Waals surface area contributed by atoms with Gasteiger partial charge in [-0.2, -0.15) is 5.10 Å². The number of nitrogens with zero attached hydrogens (tertiary/aromatic N) is 1. The van der Waals surface area contributed by atoms with Gasteiger partial charge in [-0.1, -0.05) is 19.1 Å². The van der Waals surface area contributed by atoms with Crippen molar-refractivity contribution < 1.29 is 19.1 Å². The molecule has 2 N–H and O–H groups in total. The number of hydrogen-bond acceptors (Lipinski definition) is 5. The van der Waals surface area contributed by atoms with Gasteiger partial charge < -0.3 is 14.8 Å². The fraction of sp³-hybridized carbons (Fsp3) is 0.286. The number of nitrogens with one attached hydrogen (secondary N) is 2. The summed E-state index contributed by atoms with van der Waals surface area (Å²) in [6.07, 6.45) is 2.33. The SMILES string of the molecule is CCOc1ccc(/C=N\NC(=O)C(=O)Nc2ccc(CC)cc2)cc1OCC. The number of aryl methyl sites for hydroxylation is 1. The Morgan fingerprint density at radius 1 is 0.929 bits per heavy atom. The first kappa shape index (κ1) is 21.0. The molecule has 0 radical (unpaired) electrons. The van der Waals surface area contributed by atoms with Gasteiger partial charge in [0, 0.05) is 5.69 Å². The molecule has 0 aromatic heterocycles. The van der Waals surface area contributed by atoms with Crippen LogP contribution in [0.4, 0.5) is 5.69 Å². The molecule has 2 aromatic rings. The molecule has 0 aliphatic rings. The second-order valence-electron chi connectivity index (χ2n) is 5.78. The Hall–Kier alpha value is -3.35. The standard InChI is InChI=1S/C21H25N3O4/c1-4-15-7-10-17(11-8-15)23-20(25)21(26)24-22-14-16-9-12-18(27-5-2)19(13-16)28-6-3/h7-14H,4-6H2,1-3H3,(H,23,25)(H,24,26)/b22-14-. The van der Waals surface area contributed by atoms with Gasteiger partial charge in [0.1, 0.15) is 0 Å². The Morgan fingerprint density at radius 2 is 1.61 bits per heavy atom. The first-order valence-electron chi connectivity index (χ1n) is 9.20. The highest BCUT2D eigenvalue weighted by molar-refractivity contribution is 6.39. The lowest BCUT2D eigenvalue weighted by molar-refractivity contribution is -0.136. The van der Waals surface area contributed by atoms with E-state index < -0.39 is 11.8 Å². The van der Waals surface area contributed by atoms with Gasteiger partial charge in [0.15, 0.2) is 11.5 Å². The second kappa shape index (κ2) is 10.7. The van der Waals surface area contributed by atoms with Crippen LogP contribution >= 0.6 is 0 Å². The van der Waals surface area contributed by atoms with Crippen molar-refractivity contribution in [2.24, 2.45) is 5.10 Å². The Kier molecular flexibility index (Phi) is 8.02. The van der Waals surface area contributed by atoms with E-state index in [1.807, 2.05) is 32.9 Å². The molecule has 0 unspecified atom stereocenters. The molecule has 0 fully saturated rings. The number of rotatable bonds is 8. The Morgan fingerprint density at radius 3 is 2.25 bits per heavy atom. The van der Waals surface area contributed by atoms with Crippen LogP contribution in [0.1, 0.15) is 31.9 Å². The van der Waals surface area contributed by atoms with Gasteiger partial charge >= 0.3 is 11.8 Å². The summed E-state index contributed by atoms with van der Waals surface area (Å²) in [5, 5.41) is 6.35. The molecule has 0 aliphatic heterocycles. The highest BCUT2D eigenvalue weighted by Crippen LogP contribution is 2.27. The van der Waals surface area contributed by atoms with E-state index in [2.05, 4.69) is 15.8 Å². The lowest BCUT2D eigenvalue weighted by atomic mass is 10.1. The highest BCUT2D eigenvalue weighted by atomic mass is 16.5. The molecule has 7 nitrogen and oxygen atoms in total. The monoisotopic (exact) mass is 383 g/mol. The maximum atomic E-state index is 11.9. The summed E-state index contributed by atoms with van der Waals surface area (Å²) in [5.74, 6) is -0.415. The van der Waals surface area contributed by atoms with E-state index in [1.165, 1.54) is 6.21 Å². The largest absolute Gasteiger partial charge is 0.490 e. The van der Waals surface area contributed by atoms with Crippen molar-refractivity contribution in [1.82, 2.24) is 5.43 Å². The fourth-order valence-electron chi connectivity index (χ4n) is 2.38. The van der Waals surface area contributed by atoms with Crippen molar-refractivity contribution in [3.05, 3.63) is 53.6 Å². The number of benzene rings is 2. The zero-order valence-corrected chi connectivity index (χ0v) is 16.3. The topological polar surface area (TPSA) is 89.0 Å². The van der Waals surface area contributed by atoms with Gasteiger partial charge in [-0.15, -0.1) is 0 Å². The molecule has 2 rings (SSSR count). The minimum Gasteiger partial charge on any atom is -0.490 e. The van der Waals surface area contributed by atoms with Crippen LogP contribution in [0.5, 0.6) is 11.5 Å². The number of hydrazone groups is 1.